The number of nitrogens with zero attached hydrogens (tertiary/aromatic N) is 6. The quantitative estimate of drug-likeness (QED) is 0.277. The Bertz CT molecular complexity index is 1570. The number of carbonyl (C=O) groups is 1. The van der Waals surface area contributed by atoms with Gasteiger partial charge in [-0.25, -0.2) is 18.6 Å². The van der Waals surface area contributed by atoms with Gasteiger partial charge in [0.1, 0.15) is 23.1 Å². The third-order valence-electron chi connectivity index (χ3n) is 7.84. The first-order chi connectivity index (χ1) is 19.7. The summed E-state index contributed by atoms with van der Waals surface area (Å²) < 4.78 is 36.2. The first-order valence-electron chi connectivity index (χ1n) is 14.2. The van der Waals surface area contributed by atoms with E-state index in [4.69, 9.17) is 9.72 Å². The molecular weight excluding hydrogens is 526 g/mol. The van der Waals surface area contributed by atoms with Gasteiger partial charge in [0.15, 0.2) is 0 Å². The van der Waals surface area contributed by atoms with Crippen LogP contribution in [0, 0.1) is 11.6 Å². The molecule has 2 fully saturated rings. The average Bonchev–Trinajstić information content (AvgIpc) is 3.64. The summed E-state index contributed by atoms with van der Waals surface area (Å²) in [4.78, 5) is 25.8. The van der Waals surface area contributed by atoms with Crippen LogP contribution in [0.15, 0.2) is 55.0 Å². The van der Waals surface area contributed by atoms with Gasteiger partial charge in [-0.05, 0) is 82.9 Å². The maximum atomic E-state index is 14.7. The predicted octanol–water partition coefficient (Wildman–Crippen LogP) is 6.69. The van der Waals surface area contributed by atoms with E-state index in [-0.39, 0.29) is 18.2 Å². The molecule has 8 nitrogen and oxygen atoms in total. The molecule has 5 heterocycles. The second kappa shape index (κ2) is 10.7. The van der Waals surface area contributed by atoms with Crippen molar-refractivity contribution < 1.29 is 18.3 Å². The minimum atomic E-state index is -0.516. The van der Waals surface area contributed by atoms with E-state index in [0.717, 1.165) is 53.9 Å². The fraction of sp³-hybridized carbons (Fsp3) is 0.419. The number of carbonyl (C=O) groups excluding carboxylic acids is 1. The molecule has 1 amide bonds. The van der Waals surface area contributed by atoms with E-state index in [2.05, 4.69) is 15.0 Å². The summed E-state index contributed by atoms with van der Waals surface area (Å²) in [6.07, 6.45) is 8.50. The van der Waals surface area contributed by atoms with Crippen LogP contribution in [0.4, 0.5) is 19.4 Å². The molecule has 0 bridgehead atoms. The highest BCUT2D eigenvalue weighted by molar-refractivity contribution is 5.91. The summed E-state index contributed by atoms with van der Waals surface area (Å²) >= 11 is 0. The van der Waals surface area contributed by atoms with E-state index in [0.29, 0.717) is 31.0 Å². The number of rotatable bonds is 4. The molecule has 2 aliphatic rings. The SMILES string of the molecule is CC(C)(C)OC(=O)N1CCC(n2cc(-c3ccnc4ccc(N5CCC[C@@H]5c5cc(F)ccc5F)nc34)cn2)CC1. The predicted molar refractivity (Wildman–Crippen MR) is 153 cm³/mol. The lowest BCUT2D eigenvalue weighted by atomic mass is 10.0. The molecule has 0 spiro atoms. The van der Waals surface area contributed by atoms with Gasteiger partial charge in [0.2, 0.25) is 0 Å². The smallest absolute Gasteiger partial charge is 0.410 e. The normalized spacial score (nSPS) is 18.3. The molecule has 0 radical (unpaired) electrons. The number of benzene rings is 1. The lowest BCUT2D eigenvalue weighted by molar-refractivity contribution is 0.0185. The van der Waals surface area contributed by atoms with Crippen molar-refractivity contribution in [1.29, 1.82) is 0 Å². The van der Waals surface area contributed by atoms with Crippen molar-refractivity contribution >= 4 is 22.9 Å². The number of fused-ring (bicyclic) bond motifs is 1. The Morgan fingerprint density at radius 2 is 1.83 bits per heavy atom. The zero-order chi connectivity index (χ0) is 28.7. The number of hydrogen-bond donors (Lipinski definition) is 0. The summed E-state index contributed by atoms with van der Waals surface area (Å²) in [5.41, 5.74) is 3.15. The molecular formula is C31H34F2N6O2. The minimum Gasteiger partial charge on any atom is -0.444 e. The molecule has 2 saturated heterocycles. The Morgan fingerprint density at radius 3 is 2.61 bits per heavy atom. The highest BCUT2D eigenvalue weighted by Crippen LogP contribution is 2.38. The van der Waals surface area contributed by atoms with Crippen LogP contribution in [0.25, 0.3) is 22.2 Å². The maximum Gasteiger partial charge on any atom is 0.410 e. The number of likely N-dealkylation sites (tertiary alicyclic amines) is 1. The molecule has 0 saturated carbocycles. The van der Waals surface area contributed by atoms with Crippen LogP contribution in [-0.2, 0) is 4.74 Å². The number of pyridine rings is 2. The topological polar surface area (TPSA) is 76.4 Å². The minimum absolute atomic E-state index is 0.172. The number of halogens is 2. The van der Waals surface area contributed by atoms with Gasteiger partial charge in [-0.15, -0.1) is 0 Å². The summed E-state index contributed by atoms with van der Waals surface area (Å²) in [6, 6.07) is 9.27. The zero-order valence-corrected chi connectivity index (χ0v) is 23.6. The molecule has 0 N–H and O–H groups in total. The fourth-order valence-corrected chi connectivity index (χ4v) is 5.86. The van der Waals surface area contributed by atoms with Gasteiger partial charge in [-0.3, -0.25) is 9.67 Å². The van der Waals surface area contributed by atoms with E-state index in [1.165, 1.54) is 12.1 Å². The molecule has 41 heavy (non-hydrogen) atoms. The number of amides is 1. The maximum absolute atomic E-state index is 14.7. The van der Waals surface area contributed by atoms with Gasteiger partial charge in [0.05, 0.1) is 29.3 Å². The van der Waals surface area contributed by atoms with Crippen LogP contribution in [0.2, 0.25) is 0 Å². The van der Waals surface area contributed by atoms with Gasteiger partial charge < -0.3 is 14.5 Å². The number of piperidine rings is 1. The molecule has 10 heteroatoms. The number of ether oxygens (including phenoxy) is 1. The van der Waals surface area contributed by atoms with Crippen molar-refractivity contribution in [3.8, 4) is 11.1 Å². The Kier molecular flexibility index (Phi) is 7.09. The van der Waals surface area contributed by atoms with Crippen molar-refractivity contribution in [2.45, 2.75) is 64.1 Å². The van der Waals surface area contributed by atoms with E-state index in [1.54, 1.807) is 11.1 Å². The largest absolute Gasteiger partial charge is 0.444 e. The van der Waals surface area contributed by atoms with Crippen molar-refractivity contribution in [3.63, 3.8) is 0 Å². The molecule has 2 aliphatic heterocycles. The van der Waals surface area contributed by atoms with E-state index < -0.39 is 17.2 Å². The zero-order valence-electron chi connectivity index (χ0n) is 23.6. The molecule has 1 atom stereocenters. The van der Waals surface area contributed by atoms with Gasteiger partial charge in [0.25, 0.3) is 0 Å². The van der Waals surface area contributed by atoms with Crippen LogP contribution >= 0.6 is 0 Å². The van der Waals surface area contributed by atoms with E-state index >= 15 is 0 Å². The van der Waals surface area contributed by atoms with Gasteiger partial charge >= 0.3 is 6.09 Å². The van der Waals surface area contributed by atoms with Crippen molar-refractivity contribution in [1.82, 2.24) is 24.6 Å². The van der Waals surface area contributed by atoms with Crippen LogP contribution in [0.1, 0.15) is 64.1 Å². The monoisotopic (exact) mass is 560 g/mol. The number of hydrogen-bond acceptors (Lipinski definition) is 6. The average molecular weight is 561 g/mol. The summed E-state index contributed by atoms with van der Waals surface area (Å²) in [7, 11) is 0. The van der Waals surface area contributed by atoms with Crippen LogP contribution < -0.4 is 4.90 Å². The third kappa shape index (κ3) is 5.60. The van der Waals surface area contributed by atoms with Crippen molar-refractivity contribution in [3.05, 3.63) is 72.2 Å². The van der Waals surface area contributed by atoms with Gasteiger partial charge in [-0.1, -0.05) is 0 Å². The Hall–Kier alpha value is -4.08. The highest BCUT2D eigenvalue weighted by atomic mass is 19.1. The summed E-state index contributed by atoms with van der Waals surface area (Å²) in [5.74, 6) is -0.144. The van der Waals surface area contributed by atoms with Crippen LogP contribution in [-0.4, -0.2) is 56.0 Å². The molecule has 4 aromatic rings. The van der Waals surface area contributed by atoms with E-state index in [1.807, 2.05) is 56.0 Å². The number of anilines is 1. The van der Waals surface area contributed by atoms with Gasteiger partial charge in [-0.2, -0.15) is 5.10 Å². The Morgan fingerprint density at radius 1 is 1.02 bits per heavy atom. The number of aromatic nitrogens is 4. The Labute approximate surface area is 237 Å². The van der Waals surface area contributed by atoms with Crippen molar-refractivity contribution in [2.24, 2.45) is 0 Å². The second-order valence-corrected chi connectivity index (χ2v) is 11.8. The van der Waals surface area contributed by atoms with E-state index in [9.17, 15) is 13.6 Å². The van der Waals surface area contributed by atoms with Crippen molar-refractivity contribution in [2.75, 3.05) is 24.5 Å². The summed E-state index contributed by atoms with van der Waals surface area (Å²) in [5, 5.41) is 4.67. The Balaban J connectivity index is 1.24. The molecule has 214 valence electrons. The third-order valence-corrected chi connectivity index (χ3v) is 7.84. The molecule has 3 aromatic heterocycles. The standard InChI is InChI=1S/C31H34F2N6O2/c1-31(2,3)41-30(40)37-15-11-22(12-16-37)39-19-20(18-35-39)23-10-13-34-26-8-9-28(36-29(23)26)38-14-4-5-27(38)24-17-21(32)6-7-25(24)33/h6-10,13,17-19,22,27H,4-5,11-12,14-16H2,1-3H3/t27-/m1/s1. The van der Waals surface area contributed by atoms with Crippen LogP contribution in [0.3, 0.4) is 0 Å². The lowest BCUT2D eigenvalue weighted by Crippen LogP contribution is -2.42. The highest BCUT2D eigenvalue weighted by Gasteiger charge is 2.31. The first-order valence-corrected chi connectivity index (χ1v) is 14.2. The molecule has 0 aliphatic carbocycles. The van der Waals surface area contributed by atoms with Gasteiger partial charge in [0, 0.05) is 48.7 Å². The summed E-state index contributed by atoms with van der Waals surface area (Å²) in [6.45, 7) is 7.54. The first kappa shape index (κ1) is 27.1. The van der Waals surface area contributed by atoms with Crippen LogP contribution in [0.5, 0.6) is 0 Å². The molecule has 6 rings (SSSR count). The fourth-order valence-electron chi connectivity index (χ4n) is 5.86. The lowest BCUT2D eigenvalue weighted by Gasteiger charge is -2.33. The molecule has 0 unspecified atom stereocenters. The second-order valence-electron chi connectivity index (χ2n) is 11.8. The molecule has 1 aromatic carbocycles.